The molecule has 0 atom stereocenters. The third-order valence-electron chi connectivity index (χ3n) is 6.27. The lowest BCUT2D eigenvalue weighted by molar-refractivity contribution is -0.145. The van der Waals surface area contributed by atoms with Gasteiger partial charge in [-0.1, -0.05) is 32.6 Å². The molecule has 1 spiro atoms. The number of amides is 1. The Balaban J connectivity index is 0.000000136. The molecule has 4 heteroatoms. The monoisotopic (exact) mass is 321 g/mol. The molecule has 4 rings (SSSR count). The van der Waals surface area contributed by atoms with Gasteiger partial charge in [0.1, 0.15) is 0 Å². The van der Waals surface area contributed by atoms with Crippen LogP contribution in [0.2, 0.25) is 0 Å². The quantitative estimate of drug-likeness (QED) is 0.748. The van der Waals surface area contributed by atoms with E-state index >= 15 is 0 Å². The van der Waals surface area contributed by atoms with Crippen molar-refractivity contribution < 1.29 is 4.79 Å². The lowest BCUT2D eigenvalue weighted by Crippen LogP contribution is -2.71. The molecule has 3 heterocycles. The van der Waals surface area contributed by atoms with Crippen molar-refractivity contribution in [1.82, 2.24) is 14.7 Å². The van der Waals surface area contributed by atoms with E-state index < -0.39 is 0 Å². The first-order chi connectivity index (χ1) is 11.2. The molecule has 132 valence electrons. The molecule has 4 nitrogen and oxygen atoms in total. The number of likely N-dealkylation sites (tertiary alicyclic amines) is 3. The first kappa shape index (κ1) is 17.2. The molecule has 0 aromatic carbocycles. The number of nitrogens with zero attached hydrogens (tertiary/aromatic N) is 3. The average molecular weight is 322 g/mol. The fraction of sp³-hybridized carbons (Fsp3) is 0.947. The topological polar surface area (TPSA) is 26.8 Å². The maximum atomic E-state index is 10.3. The third kappa shape index (κ3) is 4.27. The smallest absolute Gasteiger partial charge is 0.209 e. The van der Waals surface area contributed by atoms with Gasteiger partial charge in [-0.25, -0.2) is 0 Å². The molecule has 1 amide bonds. The summed E-state index contributed by atoms with van der Waals surface area (Å²) in [6.07, 6.45) is 12.8. The van der Waals surface area contributed by atoms with Crippen molar-refractivity contribution in [2.75, 3.05) is 45.8 Å². The zero-order valence-corrected chi connectivity index (χ0v) is 15.0. The lowest BCUT2D eigenvalue weighted by Gasteiger charge is -2.59. The Bertz CT molecular complexity index is 345. The zero-order chi connectivity index (χ0) is 16.1. The summed E-state index contributed by atoms with van der Waals surface area (Å²) in [5.41, 5.74) is 0.511. The summed E-state index contributed by atoms with van der Waals surface area (Å²) < 4.78 is 0. The van der Waals surface area contributed by atoms with E-state index in [1.54, 1.807) is 0 Å². The van der Waals surface area contributed by atoms with Gasteiger partial charge in [-0.05, 0) is 45.3 Å². The number of hydrogen-bond donors (Lipinski definition) is 0. The van der Waals surface area contributed by atoms with Gasteiger partial charge in [0, 0.05) is 37.6 Å². The Kier molecular flexibility index (Phi) is 5.97. The Morgan fingerprint density at radius 3 is 2.09 bits per heavy atom. The Labute approximate surface area is 142 Å². The van der Waals surface area contributed by atoms with Gasteiger partial charge in [-0.3, -0.25) is 4.79 Å². The van der Waals surface area contributed by atoms with E-state index in [4.69, 9.17) is 0 Å². The van der Waals surface area contributed by atoms with Crippen LogP contribution in [-0.2, 0) is 4.79 Å². The molecule has 3 saturated heterocycles. The second kappa shape index (κ2) is 7.98. The van der Waals surface area contributed by atoms with Crippen LogP contribution in [0, 0.1) is 5.41 Å². The number of hydrogen-bond acceptors (Lipinski definition) is 3. The fourth-order valence-corrected chi connectivity index (χ4v) is 4.95. The Morgan fingerprint density at radius 2 is 1.52 bits per heavy atom. The highest BCUT2D eigenvalue weighted by molar-refractivity contribution is 5.49. The number of piperidine rings is 1. The summed E-state index contributed by atoms with van der Waals surface area (Å²) in [7, 11) is 0. The summed E-state index contributed by atoms with van der Waals surface area (Å²) in [6, 6.07) is 0.971. The molecule has 0 aromatic heterocycles. The van der Waals surface area contributed by atoms with E-state index in [1.165, 1.54) is 77.5 Å². The molecular weight excluding hydrogens is 286 g/mol. The first-order valence-electron chi connectivity index (χ1n) is 9.90. The molecule has 23 heavy (non-hydrogen) atoms. The first-order valence-corrected chi connectivity index (χ1v) is 9.90. The van der Waals surface area contributed by atoms with Crippen LogP contribution in [0.5, 0.6) is 0 Å². The van der Waals surface area contributed by atoms with E-state index in [2.05, 4.69) is 16.7 Å². The normalized spacial score (nSPS) is 28.5. The van der Waals surface area contributed by atoms with Crippen LogP contribution in [0.1, 0.15) is 58.3 Å². The Hall–Kier alpha value is -0.610. The van der Waals surface area contributed by atoms with Crippen LogP contribution in [-0.4, -0.2) is 73.0 Å². The molecule has 1 aliphatic carbocycles. The summed E-state index contributed by atoms with van der Waals surface area (Å²) in [4.78, 5) is 17.3. The van der Waals surface area contributed by atoms with Crippen LogP contribution in [0.4, 0.5) is 0 Å². The van der Waals surface area contributed by atoms with Gasteiger partial charge in [0.2, 0.25) is 6.41 Å². The number of rotatable bonds is 3. The standard InChI is InChI=1S/C11H21N.C8H14N2O/c1-3-7-11(8-4-1)12-9-5-2-6-10-12;1-2-9-3-8(4-9)5-10(6-8)7-11/h11H,1-10H2;7H,2-6H2,1H3. The van der Waals surface area contributed by atoms with Gasteiger partial charge in [0.05, 0.1) is 0 Å². The van der Waals surface area contributed by atoms with Gasteiger partial charge in [0.25, 0.3) is 0 Å². The minimum absolute atomic E-state index is 0.511. The van der Waals surface area contributed by atoms with Crippen molar-refractivity contribution in [3.05, 3.63) is 0 Å². The highest BCUT2D eigenvalue weighted by Gasteiger charge is 2.50. The lowest BCUT2D eigenvalue weighted by atomic mass is 9.73. The summed E-state index contributed by atoms with van der Waals surface area (Å²) in [5, 5.41) is 0. The Morgan fingerprint density at radius 1 is 0.913 bits per heavy atom. The number of carbonyl (C=O) groups is 1. The van der Waals surface area contributed by atoms with E-state index in [-0.39, 0.29) is 0 Å². The highest BCUT2D eigenvalue weighted by Crippen LogP contribution is 2.38. The largest absolute Gasteiger partial charge is 0.344 e. The van der Waals surface area contributed by atoms with Crippen LogP contribution in [0.25, 0.3) is 0 Å². The fourth-order valence-electron chi connectivity index (χ4n) is 4.95. The van der Waals surface area contributed by atoms with Crippen molar-refractivity contribution in [2.24, 2.45) is 5.41 Å². The van der Waals surface area contributed by atoms with Crippen LogP contribution in [0.15, 0.2) is 0 Å². The van der Waals surface area contributed by atoms with E-state index in [9.17, 15) is 4.79 Å². The molecule has 3 aliphatic heterocycles. The molecule has 0 bridgehead atoms. The maximum absolute atomic E-state index is 10.3. The van der Waals surface area contributed by atoms with Crippen molar-refractivity contribution in [3.63, 3.8) is 0 Å². The molecule has 0 N–H and O–H groups in total. The molecule has 4 fully saturated rings. The molecule has 1 saturated carbocycles. The van der Waals surface area contributed by atoms with Gasteiger partial charge < -0.3 is 14.7 Å². The zero-order valence-electron chi connectivity index (χ0n) is 15.0. The summed E-state index contributed by atoms with van der Waals surface area (Å²) >= 11 is 0. The van der Waals surface area contributed by atoms with Crippen molar-refractivity contribution in [3.8, 4) is 0 Å². The SMILES string of the molecule is C1CCC(N2CCCCC2)CC1.CCN1CC2(CN(C=O)C2)C1. The van der Waals surface area contributed by atoms with Crippen molar-refractivity contribution in [1.29, 1.82) is 0 Å². The van der Waals surface area contributed by atoms with Gasteiger partial charge in [0.15, 0.2) is 0 Å². The highest BCUT2D eigenvalue weighted by atomic mass is 16.1. The number of carbonyl (C=O) groups excluding carboxylic acids is 1. The second-order valence-corrected chi connectivity index (χ2v) is 8.20. The van der Waals surface area contributed by atoms with Crippen LogP contribution in [0.3, 0.4) is 0 Å². The third-order valence-corrected chi connectivity index (χ3v) is 6.27. The molecule has 0 unspecified atom stereocenters. The van der Waals surface area contributed by atoms with E-state index in [1.807, 2.05) is 4.90 Å². The minimum Gasteiger partial charge on any atom is -0.344 e. The summed E-state index contributed by atoms with van der Waals surface area (Å²) in [5.74, 6) is 0. The molecular formula is C19H35N3O. The van der Waals surface area contributed by atoms with Gasteiger partial charge in [-0.15, -0.1) is 0 Å². The predicted molar refractivity (Wildman–Crippen MR) is 94.5 cm³/mol. The van der Waals surface area contributed by atoms with Crippen LogP contribution < -0.4 is 0 Å². The van der Waals surface area contributed by atoms with Crippen molar-refractivity contribution in [2.45, 2.75) is 64.3 Å². The predicted octanol–water partition coefficient (Wildman–Crippen LogP) is 2.59. The van der Waals surface area contributed by atoms with Gasteiger partial charge in [-0.2, -0.15) is 0 Å². The second-order valence-electron chi connectivity index (χ2n) is 8.20. The minimum atomic E-state index is 0.511. The van der Waals surface area contributed by atoms with E-state index in [0.29, 0.717) is 5.41 Å². The maximum Gasteiger partial charge on any atom is 0.209 e. The molecule has 0 radical (unpaired) electrons. The van der Waals surface area contributed by atoms with E-state index in [0.717, 1.165) is 32.1 Å². The van der Waals surface area contributed by atoms with Crippen molar-refractivity contribution >= 4 is 6.41 Å². The summed E-state index contributed by atoms with van der Waals surface area (Å²) in [6.45, 7) is 10.5. The molecule has 0 aromatic rings. The van der Waals surface area contributed by atoms with Gasteiger partial charge >= 0.3 is 0 Å². The average Bonchev–Trinajstić information content (AvgIpc) is 2.55. The molecule has 4 aliphatic rings. The van der Waals surface area contributed by atoms with Crippen LogP contribution >= 0.6 is 0 Å².